The second kappa shape index (κ2) is 10.7. The van der Waals surface area contributed by atoms with Gasteiger partial charge in [-0.1, -0.05) is 33.1 Å². The molecule has 0 aliphatic rings. The first-order valence-electron chi connectivity index (χ1n) is 8.91. The molecule has 1 rings (SSSR count). The summed E-state index contributed by atoms with van der Waals surface area (Å²) in [6.07, 6.45) is 4.68. The molecule has 0 saturated carbocycles. The molecular formula is C18H31N3O3S2. The number of sulfonamides is 1. The molecule has 0 amide bonds. The summed E-state index contributed by atoms with van der Waals surface area (Å²) in [6.45, 7) is 5.18. The molecule has 1 aromatic rings. The molecule has 0 spiro atoms. The van der Waals surface area contributed by atoms with E-state index in [1.54, 1.807) is 12.1 Å². The number of unbranched alkanes of at least 4 members (excludes halogenated alkanes) is 1. The second-order valence-electron chi connectivity index (χ2n) is 6.40. The summed E-state index contributed by atoms with van der Waals surface area (Å²) in [6, 6.07) is 4.91. The van der Waals surface area contributed by atoms with E-state index in [1.165, 1.54) is 46.5 Å². The topological polar surface area (TPSA) is 70.7 Å². The van der Waals surface area contributed by atoms with Crippen LogP contribution in [0.1, 0.15) is 39.5 Å². The van der Waals surface area contributed by atoms with Crippen molar-refractivity contribution in [1.29, 1.82) is 0 Å². The number of nitrogens with one attached hydrogen (secondary N) is 2. The number of thiocarbonyl (C=S) groups is 1. The van der Waals surface area contributed by atoms with Gasteiger partial charge in [0.15, 0.2) is 5.11 Å². The van der Waals surface area contributed by atoms with Crippen LogP contribution in [-0.2, 0) is 10.0 Å². The van der Waals surface area contributed by atoms with E-state index in [9.17, 15) is 8.42 Å². The zero-order valence-electron chi connectivity index (χ0n) is 16.3. The number of methoxy groups -OCH3 is 1. The lowest BCUT2D eigenvalue weighted by Gasteiger charge is -2.18. The first kappa shape index (κ1) is 22.7. The Morgan fingerprint density at radius 3 is 2.54 bits per heavy atom. The smallest absolute Gasteiger partial charge is 0.246 e. The monoisotopic (exact) mass is 401 g/mol. The summed E-state index contributed by atoms with van der Waals surface area (Å²) in [5.41, 5.74) is 0.602. The molecule has 0 aliphatic carbocycles. The number of hydrogen-bond acceptors (Lipinski definition) is 4. The highest BCUT2D eigenvalue weighted by Gasteiger charge is 2.22. The number of anilines is 1. The molecule has 0 fully saturated rings. The Bertz CT molecular complexity index is 691. The van der Waals surface area contributed by atoms with Crippen LogP contribution in [0.3, 0.4) is 0 Å². The van der Waals surface area contributed by atoms with Crippen molar-refractivity contribution in [2.75, 3.05) is 33.1 Å². The van der Waals surface area contributed by atoms with Crippen molar-refractivity contribution in [3.05, 3.63) is 18.2 Å². The van der Waals surface area contributed by atoms with Crippen LogP contribution >= 0.6 is 12.2 Å². The maximum atomic E-state index is 12.5. The fourth-order valence-electron chi connectivity index (χ4n) is 2.51. The molecule has 6 nitrogen and oxygen atoms in total. The molecule has 0 aliphatic heterocycles. The lowest BCUT2D eigenvalue weighted by Crippen LogP contribution is -2.32. The number of rotatable bonds is 10. The summed E-state index contributed by atoms with van der Waals surface area (Å²) < 4.78 is 31.3. The number of nitrogens with zero attached hydrogens (tertiary/aromatic N) is 1. The first-order chi connectivity index (χ1) is 12.3. The molecule has 8 heteroatoms. The van der Waals surface area contributed by atoms with E-state index < -0.39 is 10.0 Å². The lowest BCUT2D eigenvalue weighted by atomic mass is 9.99. The molecule has 0 radical (unpaired) electrons. The van der Waals surface area contributed by atoms with Crippen molar-refractivity contribution in [1.82, 2.24) is 9.62 Å². The summed E-state index contributed by atoms with van der Waals surface area (Å²) in [5.74, 6) is 0.879. The minimum Gasteiger partial charge on any atom is -0.495 e. The van der Waals surface area contributed by atoms with Gasteiger partial charge in [0.25, 0.3) is 0 Å². The van der Waals surface area contributed by atoms with Gasteiger partial charge < -0.3 is 15.4 Å². The van der Waals surface area contributed by atoms with E-state index in [1.807, 2.05) is 0 Å². The summed E-state index contributed by atoms with van der Waals surface area (Å²) >= 11 is 5.35. The van der Waals surface area contributed by atoms with Gasteiger partial charge in [0.1, 0.15) is 10.6 Å². The van der Waals surface area contributed by atoms with Crippen LogP contribution in [0.25, 0.3) is 0 Å². The fraction of sp³-hybridized carbons (Fsp3) is 0.611. The second-order valence-corrected chi connectivity index (χ2v) is 8.93. The number of benzene rings is 1. The standard InChI is InChI=1S/C18H31N3O3S2/c1-6-8-9-14(7-2)13-19-18(25)20-15-10-11-16(24-5)17(12-15)26(22,23)21(3)4/h10-12,14H,6-9,13H2,1-5H3,(H2,19,20,25)/t14-/m1/s1. The Kier molecular flexibility index (Phi) is 9.32. The highest BCUT2D eigenvalue weighted by atomic mass is 32.2. The molecule has 0 heterocycles. The average molecular weight is 402 g/mol. The fourth-order valence-corrected chi connectivity index (χ4v) is 3.78. The van der Waals surface area contributed by atoms with Crippen molar-refractivity contribution in [3.8, 4) is 5.75 Å². The summed E-state index contributed by atoms with van der Waals surface area (Å²) in [5, 5.41) is 6.78. The molecule has 26 heavy (non-hydrogen) atoms. The quantitative estimate of drug-likeness (QED) is 0.585. The van der Waals surface area contributed by atoms with Gasteiger partial charge in [0.2, 0.25) is 10.0 Å². The molecule has 1 atom stereocenters. The Morgan fingerprint density at radius 2 is 2.00 bits per heavy atom. The molecule has 1 aromatic carbocycles. The zero-order chi connectivity index (χ0) is 19.7. The van der Waals surface area contributed by atoms with Crippen molar-refractivity contribution < 1.29 is 13.2 Å². The van der Waals surface area contributed by atoms with Crippen molar-refractivity contribution >= 4 is 33.0 Å². The average Bonchev–Trinajstić information content (AvgIpc) is 2.61. The van der Waals surface area contributed by atoms with E-state index in [0.29, 0.717) is 22.5 Å². The van der Waals surface area contributed by atoms with Crippen molar-refractivity contribution in [2.45, 2.75) is 44.4 Å². The minimum absolute atomic E-state index is 0.104. The Labute approximate surface area is 163 Å². The van der Waals surface area contributed by atoms with E-state index >= 15 is 0 Å². The highest BCUT2D eigenvalue weighted by molar-refractivity contribution is 7.89. The van der Waals surface area contributed by atoms with Gasteiger partial charge in [-0.25, -0.2) is 12.7 Å². The van der Waals surface area contributed by atoms with Gasteiger partial charge in [-0.15, -0.1) is 0 Å². The lowest BCUT2D eigenvalue weighted by molar-refractivity contribution is 0.400. The third-order valence-corrected chi connectivity index (χ3v) is 6.36. The van der Waals surface area contributed by atoms with Gasteiger partial charge in [-0.3, -0.25) is 0 Å². The van der Waals surface area contributed by atoms with Crippen molar-refractivity contribution in [3.63, 3.8) is 0 Å². The molecule has 0 saturated heterocycles. The molecule has 148 valence electrons. The van der Waals surface area contributed by atoms with Crippen LogP contribution < -0.4 is 15.4 Å². The van der Waals surface area contributed by atoms with Crippen LogP contribution in [0, 0.1) is 5.92 Å². The Hall–Kier alpha value is -1.38. The summed E-state index contributed by atoms with van der Waals surface area (Å²) in [4.78, 5) is 0.104. The van der Waals surface area contributed by atoms with Gasteiger partial charge in [0.05, 0.1) is 7.11 Å². The first-order valence-corrected chi connectivity index (χ1v) is 10.8. The SMILES string of the molecule is CCCC[C@@H](CC)CNC(=S)Nc1ccc(OC)c(S(=O)(=O)N(C)C)c1. The van der Waals surface area contributed by atoms with Crippen LogP contribution in [-0.4, -0.2) is 45.6 Å². The molecule has 2 N–H and O–H groups in total. The molecule has 0 unspecified atom stereocenters. The van der Waals surface area contributed by atoms with Crippen LogP contribution in [0.2, 0.25) is 0 Å². The maximum Gasteiger partial charge on any atom is 0.246 e. The van der Waals surface area contributed by atoms with Gasteiger partial charge in [-0.2, -0.15) is 0 Å². The Morgan fingerprint density at radius 1 is 1.31 bits per heavy atom. The van der Waals surface area contributed by atoms with Crippen LogP contribution in [0.4, 0.5) is 5.69 Å². The molecular weight excluding hydrogens is 370 g/mol. The highest BCUT2D eigenvalue weighted by Crippen LogP contribution is 2.28. The number of ether oxygens (including phenoxy) is 1. The van der Waals surface area contributed by atoms with Crippen LogP contribution in [0.15, 0.2) is 23.1 Å². The predicted molar refractivity (Wildman–Crippen MR) is 111 cm³/mol. The zero-order valence-corrected chi connectivity index (χ0v) is 18.0. The third-order valence-electron chi connectivity index (χ3n) is 4.27. The Balaban J connectivity index is 2.83. The van der Waals surface area contributed by atoms with E-state index in [-0.39, 0.29) is 4.90 Å². The van der Waals surface area contributed by atoms with Gasteiger partial charge >= 0.3 is 0 Å². The van der Waals surface area contributed by atoms with E-state index in [0.717, 1.165) is 17.3 Å². The largest absolute Gasteiger partial charge is 0.495 e. The van der Waals surface area contributed by atoms with Crippen LogP contribution in [0.5, 0.6) is 5.75 Å². The van der Waals surface area contributed by atoms with Gasteiger partial charge in [0, 0.05) is 26.3 Å². The maximum absolute atomic E-state index is 12.5. The van der Waals surface area contributed by atoms with Gasteiger partial charge in [-0.05, 0) is 42.8 Å². The third kappa shape index (κ3) is 6.41. The number of hydrogen-bond donors (Lipinski definition) is 2. The normalized spacial score (nSPS) is 12.7. The van der Waals surface area contributed by atoms with E-state index in [4.69, 9.17) is 17.0 Å². The minimum atomic E-state index is -3.61. The molecule has 0 aromatic heterocycles. The summed E-state index contributed by atoms with van der Waals surface area (Å²) in [7, 11) is 0.812. The van der Waals surface area contributed by atoms with E-state index in [2.05, 4.69) is 24.5 Å². The predicted octanol–water partition coefficient (Wildman–Crippen LogP) is 3.45. The molecule has 0 bridgehead atoms. The van der Waals surface area contributed by atoms with Crippen molar-refractivity contribution in [2.24, 2.45) is 5.92 Å².